The van der Waals surface area contributed by atoms with Crippen molar-refractivity contribution in [3.8, 4) is 0 Å². The van der Waals surface area contributed by atoms with Crippen LogP contribution in [0.25, 0.3) is 4.96 Å². The topological polar surface area (TPSA) is 89.2 Å². The van der Waals surface area contributed by atoms with Crippen molar-refractivity contribution < 1.29 is 9.59 Å². The number of fused-ring (bicyclic) bond motifs is 1. The maximum absolute atomic E-state index is 12.1. The number of Topliss-reactive ketones (excluding diaryl/α,β-unsaturated/α-hetero) is 1. The van der Waals surface area contributed by atoms with Gasteiger partial charge in [0.15, 0.2) is 11.6 Å². The smallest absolute Gasteiger partial charge is 0.234 e. The van der Waals surface area contributed by atoms with E-state index in [9.17, 15) is 9.59 Å². The lowest BCUT2D eigenvalue weighted by atomic mass is 10.1. The number of hydrogen-bond donors (Lipinski definition) is 1. The number of carbonyl (C=O) groups is 2. The summed E-state index contributed by atoms with van der Waals surface area (Å²) >= 11 is 1.44. The van der Waals surface area contributed by atoms with Gasteiger partial charge in [0.1, 0.15) is 5.01 Å². The predicted molar refractivity (Wildman–Crippen MR) is 96.1 cm³/mol. The fraction of sp³-hybridized carbons (Fsp3) is 0.353. The summed E-state index contributed by atoms with van der Waals surface area (Å²) < 4.78 is 1.75. The van der Waals surface area contributed by atoms with Crippen molar-refractivity contribution in [2.75, 3.05) is 5.32 Å². The van der Waals surface area contributed by atoms with Crippen LogP contribution in [-0.4, -0.2) is 31.5 Å². The van der Waals surface area contributed by atoms with E-state index in [0.29, 0.717) is 24.1 Å². The fourth-order valence-corrected chi connectivity index (χ4v) is 3.23. The van der Waals surface area contributed by atoms with E-state index < -0.39 is 0 Å². The van der Waals surface area contributed by atoms with E-state index >= 15 is 0 Å². The lowest BCUT2D eigenvalue weighted by molar-refractivity contribution is -0.116. The Kier molecular flexibility index (Phi) is 4.89. The second kappa shape index (κ2) is 7.10. The standard InChI is InChI=1S/C17H19N5O2S/c1-10(2)16-19-20-17-22(16)21-15(25-17)8-7-14(24)18-13-6-4-5-12(9-13)11(3)23/h4-6,9-10H,7-8H2,1-3H3,(H,18,24). The van der Waals surface area contributed by atoms with Gasteiger partial charge in [-0.2, -0.15) is 9.61 Å². The highest BCUT2D eigenvalue weighted by molar-refractivity contribution is 7.16. The highest BCUT2D eigenvalue weighted by Crippen LogP contribution is 2.19. The van der Waals surface area contributed by atoms with Gasteiger partial charge in [-0.25, -0.2) is 0 Å². The minimum atomic E-state index is -0.115. The minimum absolute atomic E-state index is 0.0307. The molecule has 0 aliphatic carbocycles. The third-order valence-electron chi connectivity index (χ3n) is 3.69. The van der Waals surface area contributed by atoms with Crippen molar-refractivity contribution in [1.29, 1.82) is 0 Å². The van der Waals surface area contributed by atoms with Crippen molar-refractivity contribution in [3.05, 3.63) is 40.7 Å². The van der Waals surface area contributed by atoms with Gasteiger partial charge < -0.3 is 5.32 Å². The maximum Gasteiger partial charge on any atom is 0.234 e. The first-order chi connectivity index (χ1) is 11.9. The molecule has 0 bridgehead atoms. The number of amides is 1. The van der Waals surface area contributed by atoms with Crippen molar-refractivity contribution in [1.82, 2.24) is 19.8 Å². The Morgan fingerprint density at radius 3 is 2.80 bits per heavy atom. The van der Waals surface area contributed by atoms with Crippen molar-refractivity contribution in [2.24, 2.45) is 0 Å². The molecule has 0 saturated heterocycles. The summed E-state index contributed by atoms with van der Waals surface area (Å²) in [6.07, 6.45) is 0.842. The fourth-order valence-electron chi connectivity index (χ4n) is 2.39. The molecule has 0 aliphatic heterocycles. The highest BCUT2D eigenvalue weighted by atomic mass is 32.1. The quantitative estimate of drug-likeness (QED) is 0.685. The summed E-state index contributed by atoms with van der Waals surface area (Å²) in [6.45, 7) is 5.58. The number of aryl methyl sites for hydroxylation is 1. The van der Waals surface area contributed by atoms with E-state index in [1.165, 1.54) is 18.3 Å². The summed E-state index contributed by atoms with van der Waals surface area (Å²) in [5.41, 5.74) is 1.20. The molecule has 2 heterocycles. The zero-order chi connectivity index (χ0) is 18.0. The average Bonchev–Trinajstić information content (AvgIpc) is 3.12. The van der Waals surface area contributed by atoms with Crippen LogP contribution in [0.1, 0.15) is 54.3 Å². The predicted octanol–water partition coefficient (Wildman–Crippen LogP) is 3.08. The molecule has 8 heteroatoms. The van der Waals surface area contributed by atoms with Gasteiger partial charge in [0.25, 0.3) is 0 Å². The summed E-state index contributed by atoms with van der Waals surface area (Å²) in [5.74, 6) is 0.914. The van der Waals surface area contributed by atoms with Gasteiger partial charge in [0.05, 0.1) is 0 Å². The molecule has 25 heavy (non-hydrogen) atoms. The number of hydrogen-bond acceptors (Lipinski definition) is 6. The first-order valence-corrected chi connectivity index (χ1v) is 8.87. The van der Waals surface area contributed by atoms with Crippen LogP contribution in [0.3, 0.4) is 0 Å². The van der Waals surface area contributed by atoms with Crippen LogP contribution in [0.4, 0.5) is 5.69 Å². The third-order valence-corrected chi connectivity index (χ3v) is 4.65. The molecule has 3 aromatic rings. The molecule has 1 N–H and O–H groups in total. The van der Waals surface area contributed by atoms with E-state index in [0.717, 1.165) is 15.8 Å². The molecule has 0 aliphatic rings. The van der Waals surface area contributed by atoms with Crippen LogP contribution >= 0.6 is 11.3 Å². The molecular weight excluding hydrogens is 338 g/mol. The van der Waals surface area contributed by atoms with E-state index in [4.69, 9.17) is 0 Å². The third kappa shape index (κ3) is 3.90. The molecule has 0 saturated carbocycles. The largest absolute Gasteiger partial charge is 0.326 e. The van der Waals surface area contributed by atoms with E-state index in [-0.39, 0.29) is 17.6 Å². The van der Waals surface area contributed by atoms with Gasteiger partial charge in [-0.1, -0.05) is 37.3 Å². The van der Waals surface area contributed by atoms with E-state index in [1.54, 1.807) is 28.8 Å². The van der Waals surface area contributed by atoms with Crippen molar-refractivity contribution in [3.63, 3.8) is 0 Å². The van der Waals surface area contributed by atoms with Crippen LogP contribution < -0.4 is 5.32 Å². The van der Waals surface area contributed by atoms with Gasteiger partial charge in [-0.15, -0.1) is 10.2 Å². The molecule has 0 unspecified atom stereocenters. The van der Waals surface area contributed by atoms with Gasteiger partial charge in [-0.05, 0) is 19.1 Å². The number of aromatic nitrogens is 4. The average molecular weight is 357 g/mol. The first kappa shape index (κ1) is 17.2. The summed E-state index contributed by atoms with van der Waals surface area (Å²) in [5, 5.41) is 16.4. The SMILES string of the molecule is CC(=O)c1cccc(NC(=O)CCc2nn3c(C(C)C)nnc3s2)c1. The van der Waals surface area contributed by atoms with Crippen molar-refractivity contribution >= 4 is 33.7 Å². The Morgan fingerprint density at radius 1 is 1.28 bits per heavy atom. The van der Waals surface area contributed by atoms with Gasteiger partial charge >= 0.3 is 0 Å². The van der Waals surface area contributed by atoms with E-state index in [1.807, 2.05) is 13.8 Å². The number of nitrogens with one attached hydrogen (secondary N) is 1. The molecule has 0 fully saturated rings. The molecular formula is C17H19N5O2S. The Morgan fingerprint density at radius 2 is 2.08 bits per heavy atom. The van der Waals surface area contributed by atoms with E-state index in [2.05, 4.69) is 20.6 Å². The second-order valence-corrected chi connectivity index (χ2v) is 7.13. The van der Waals surface area contributed by atoms with Crippen LogP contribution in [-0.2, 0) is 11.2 Å². The molecule has 0 radical (unpaired) electrons. The number of benzene rings is 1. The number of anilines is 1. The molecule has 2 aromatic heterocycles. The highest BCUT2D eigenvalue weighted by Gasteiger charge is 2.15. The Labute approximate surface area is 149 Å². The van der Waals surface area contributed by atoms with Gasteiger partial charge in [0.2, 0.25) is 10.9 Å². The second-order valence-electron chi connectivity index (χ2n) is 6.09. The van der Waals surface area contributed by atoms with Crippen LogP contribution in [0.2, 0.25) is 0 Å². The number of rotatable bonds is 6. The lowest BCUT2D eigenvalue weighted by Crippen LogP contribution is -2.12. The molecule has 3 rings (SSSR count). The van der Waals surface area contributed by atoms with Crippen LogP contribution in [0, 0.1) is 0 Å². The zero-order valence-electron chi connectivity index (χ0n) is 14.3. The lowest BCUT2D eigenvalue weighted by Gasteiger charge is -2.05. The summed E-state index contributed by atoms with van der Waals surface area (Å²) in [7, 11) is 0. The maximum atomic E-state index is 12.1. The summed E-state index contributed by atoms with van der Waals surface area (Å²) in [4.78, 5) is 24.3. The van der Waals surface area contributed by atoms with Crippen molar-refractivity contribution in [2.45, 2.75) is 39.5 Å². The van der Waals surface area contributed by atoms with Gasteiger partial charge in [0, 0.05) is 30.0 Å². The number of carbonyl (C=O) groups excluding carboxylic acids is 2. The number of ketones is 1. The Bertz CT molecular complexity index is 928. The summed E-state index contributed by atoms with van der Waals surface area (Å²) in [6, 6.07) is 6.92. The first-order valence-electron chi connectivity index (χ1n) is 8.06. The Hall–Kier alpha value is -2.61. The van der Waals surface area contributed by atoms with Crippen LogP contribution in [0.15, 0.2) is 24.3 Å². The normalized spacial score (nSPS) is 11.2. The van der Waals surface area contributed by atoms with Crippen LogP contribution in [0.5, 0.6) is 0 Å². The molecule has 0 spiro atoms. The number of nitrogens with zero attached hydrogens (tertiary/aromatic N) is 4. The Balaban J connectivity index is 1.62. The monoisotopic (exact) mass is 357 g/mol. The molecule has 7 nitrogen and oxygen atoms in total. The molecule has 1 amide bonds. The molecule has 130 valence electrons. The molecule has 0 atom stereocenters. The minimum Gasteiger partial charge on any atom is -0.326 e. The zero-order valence-corrected chi connectivity index (χ0v) is 15.1. The van der Waals surface area contributed by atoms with Gasteiger partial charge in [-0.3, -0.25) is 9.59 Å². The molecule has 1 aromatic carbocycles.